The summed E-state index contributed by atoms with van der Waals surface area (Å²) in [7, 11) is 3.73. The maximum Gasteiger partial charge on any atom is 0.413 e. The van der Waals surface area contributed by atoms with Crippen molar-refractivity contribution in [3.8, 4) is 0 Å². The van der Waals surface area contributed by atoms with E-state index in [1.54, 1.807) is 24.3 Å². The van der Waals surface area contributed by atoms with Crippen LogP contribution in [0.5, 0.6) is 0 Å². The standard InChI is InChI=1S/C17H20N6O4/c1-20(2)9-10-22(17(24)25)16-6-5-15(18-19-16)21-8-7-12-11-13(23(26)27)3-4-14(12)21/h3-6,11H,7-10H2,1-2H3,(H,24,25). The molecule has 1 aliphatic heterocycles. The lowest BCUT2D eigenvalue weighted by Crippen LogP contribution is -2.36. The lowest BCUT2D eigenvalue weighted by Gasteiger charge is -2.21. The molecule has 2 heterocycles. The van der Waals surface area contributed by atoms with Crippen LogP contribution in [-0.4, -0.2) is 64.9 Å². The predicted octanol–water partition coefficient (Wildman–Crippen LogP) is 2.12. The van der Waals surface area contributed by atoms with E-state index in [9.17, 15) is 20.0 Å². The van der Waals surface area contributed by atoms with Crippen molar-refractivity contribution in [1.29, 1.82) is 0 Å². The first kappa shape index (κ1) is 18.5. The quantitative estimate of drug-likeness (QED) is 0.605. The molecule has 0 saturated carbocycles. The van der Waals surface area contributed by atoms with Crippen LogP contribution < -0.4 is 9.80 Å². The van der Waals surface area contributed by atoms with Crippen LogP contribution in [0.15, 0.2) is 30.3 Å². The number of rotatable bonds is 6. The Morgan fingerprint density at radius 3 is 2.63 bits per heavy atom. The van der Waals surface area contributed by atoms with E-state index in [0.29, 0.717) is 25.3 Å². The number of nitro benzene ring substituents is 1. The van der Waals surface area contributed by atoms with Crippen LogP contribution in [-0.2, 0) is 6.42 Å². The van der Waals surface area contributed by atoms with Crippen molar-refractivity contribution in [2.24, 2.45) is 0 Å². The van der Waals surface area contributed by atoms with Gasteiger partial charge in [0.2, 0.25) is 0 Å². The van der Waals surface area contributed by atoms with Crippen molar-refractivity contribution in [1.82, 2.24) is 15.1 Å². The average molecular weight is 372 g/mol. The number of anilines is 3. The molecule has 10 heteroatoms. The highest BCUT2D eigenvalue weighted by atomic mass is 16.6. The number of carbonyl (C=O) groups is 1. The third-order valence-electron chi connectivity index (χ3n) is 4.36. The second kappa shape index (κ2) is 7.54. The first-order valence-corrected chi connectivity index (χ1v) is 8.40. The zero-order valence-electron chi connectivity index (χ0n) is 15.1. The minimum atomic E-state index is -1.09. The maximum atomic E-state index is 11.5. The van der Waals surface area contributed by atoms with Crippen molar-refractivity contribution in [3.05, 3.63) is 46.0 Å². The molecule has 1 amide bonds. The van der Waals surface area contributed by atoms with Gasteiger partial charge in [-0.05, 0) is 44.3 Å². The van der Waals surface area contributed by atoms with Crippen LogP contribution in [0.25, 0.3) is 0 Å². The predicted molar refractivity (Wildman–Crippen MR) is 99.8 cm³/mol. The van der Waals surface area contributed by atoms with E-state index in [0.717, 1.165) is 16.2 Å². The second-order valence-electron chi connectivity index (χ2n) is 6.46. The largest absolute Gasteiger partial charge is 0.465 e. The first-order chi connectivity index (χ1) is 12.9. The number of likely N-dealkylation sites (N-methyl/N-ethyl adjacent to an activating group) is 1. The molecule has 0 radical (unpaired) electrons. The lowest BCUT2D eigenvalue weighted by atomic mass is 10.1. The van der Waals surface area contributed by atoms with Gasteiger partial charge in [-0.15, -0.1) is 10.2 Å². The molecule has 0 spiro atoms. The van der Waals surface area contributed by atoms with Gasteiger partial charge in [0.15, 0.2) is 11.6 Å². The summed E-state index contributed by atoms with van der Waals surface area (Å²) in [6, 6.07) is 8.08. The molecule has 0 bridgehead atoms. The zero-order chi connectivity index (χ0) is 19.6. The van der Waals surface area contributed by atoms with Crippen LogP contribution in [0, 0.1) is 10.1 Å². The molecule has 3 rings (SSSR count). The highest BCUT2D eigenvalue weighted by Crippen LogP contribution is 2.35. The molecule has 1 aliphatic rings. The van der Waals surface area contributed by atoms with Gasteiger partial charge in [-0.1, -0.05) is 0 Å². The number of fused-ring (bicyclic) bond motifs is 1. The minimum absolute atomic E-state index is 0.0648. The summed E-state index contributed by atoms with van der Waals surface area (Å²) < 4.78 is 0. The number of nitro groups is 1. The lowest BCUT2D eigenvalue weighted by molar-refractivity contribution is -0.384. The molecule has 10 nitrogen and oxygen atoms in total. The number of nitrogens with zero attached hydrogens (tertiary/aromatic N) is 6. The Hall–Kier alpha value is -3.27. The van der Waals surface area contributed by atoms with Crippen LogP contribution >= 0.6 is 0 Å². The van der Waals surface area contributed by atoms with Gasteiger partial charge in [-0.2, -0.15) is 0 Å². The number of amides is 1. The molecule has 0 fully saturated rings. The number of aromatic nitrogens is 2. The molecule has 0 aliphatic carbocycles. The van der Waals surface area contributed by atoms with Gasteiger partial charge >= 0.3 is 6.09 Å². The number of carboxylic acid groups (broad SMARTS) is 1. The summed E-state index contributed by atoms with van der Waals surface area (Å²) in [4.78, 5) is 26.9. The van der Waals surface area contributed by atoms with Gasteiger partial charge in [0.05, 0.1) is 4.92 Å². The molecule has 1 aromatic carbocycles. The Kier molecular flexibility index (Phi) is 5.17. The van der Waals surface area contributed by atoms with Gasteiger partial charge in [0, 0.05) is 37.5 Å². The summed E-state index contributed by atoms with van der Waals surface area (Å²) in [6.07, 6.45) is -0.414. The molecule has 0 atom stereocenters. The third kappa shape index (κ3) is 3.95. The van der Waals surface area contributed by atoms with Gasteiger partial charge in [0.1, 0.15) is 0 Å². The number of hydrogen-bond acceptors (Lipinski definition) is 7. The van der Waals surface area contributed by atoms with Gasteiger partial charge < -0.3 is 14.9 Å². The fourth-order valence-electron chi connectivity index (χ4n) is 2.95. The first-order valence-electron chi connectivity index (χ1n) is 8.40. The fraction of sp³-hybridized carbons (Fsp3) is 0.353. The highest BCUT2D eigenvalue weighted by Gasteiger charge is 2.24. The van der Waals surface area contributed by atoms with E-state index in [1.807, 2.05) is 23.9 Å². The molecule has 1 aromatic heterocycles. The molecule has 0 saturated heterocycles. The van der Waals surface area contributed by atoms with E-state index in [1.165, 1.54) is 6.07 Å². The highest BCUT2D eigenvalue weighted by molar-refractivity contribution is 5.84. The molecule has 0 unspecified atom stereocenters. The van der Waals surface area contributed by atoms with Crippen molar-refractivity contribution >= 4 is 29.1 Å². The van der Waals surface area contributed by atoms with Crippen molar-refractivity contribution in [2.75, 3.05) is 43.5 Å². The Morgan fingerprint density at radius 1 is 1.26 bits per heavy atom. The monoisotopic (exact) mass is 372 g/mol. The molecule has 2 aromatic rings. The molecule has 142 valence electrons. The normalized spacial score (nSPS) is 12.9. The maximum absolute atomic E-state index is 11.5. The molecular formula is C17H20N6O4. The van der Waals surface area contributed by atoms with Crippen LogP contribution in [0.1, 0.15) is 5.56 Å². The van der Waals surface area contributed by atoms with Crippen molar-refractivity contribution < 1.29 is 14.8 Å². The number of hydrogen-bond donors (Lipinski definition) is 1. The minimum Gasteiger partial charge on any atom is -0.465 e. The van der Waals surface area contributed by atoms with E-state index >= 15 is 0 Å². The summed E-state index contributed by atoms with van der Waals surface area (Å²) in [6.45, 7) is 1.48. The smallest absolute Gasteiger partial charge is 0.413 e. The average Bonchev–Trinajstić information content (AvgIpc) is 3.05. The van der Waals surface area contributed by atoms with Crippen molar-refractivity contribution in [3.63, 3.8) is 0 Å². The topological polar surface area (TPSA) is 116 Å². The van der Waals surface area contributed by atoms with Crippen LogP contribution in [0.4, 0.5) is 27.8 Å². The van der Waals surface area contributed by atoms with Crippen LogP contribution in [0.2, 0.25) is 0 Å². The van der Waals surface area contributed by atoms with Crippen LogP contribution in [0.3, 0.4) is 0 Å². The molecule has 1 N–H and O–H groups in total. The van der Waals surface area contributed by atoms with E-state index in [-0.39, 0.29) is 18.1 Å². The van der Waals surface area contributed by atoms with Gasteiger partial charge in [0.25, 0.3) is 5.69 Å². The number of benzene rings is 1. The second-order valence-corrected chi connectivity index (χ2v) is 6.46. The van der Waals surface area contributed by atoms with Crippen molar-refractivity contribution in [2.45, 2.75) is 6.42 Å². The fourth-order valence-corrected chi connectivity index (χ4v) is 2.95. The van der Waals surface area contributed by atoms with E-state index < -0.39 is 11.0 Å². The zero-order valence-corrected chi connectivity index (χ0v) is 15.1. The number of non-ortho nitro benzene ring substituents is 1. The van der Waals surface area contributed by atoms with E-state index in [2.05, 4.69) is 10.2 Å². The summed E-state index contributed by atoms with van der Waals surface area (Å²) in [5.74, 6) is 0.834. The summed E-state index contributed by atoms with van der Waals surface area (Å²) in [5.41, 5.74) is 1.80. The summed E-state index contributed by atoms with van der Waals surface area (Å²) >= 11 is 0. The Bertz CT molecular complexity index is 855. The molecule has 27 heavy (non-hydrogen) atoms. The van der Waals surface area contributed by atoms with Gasteiger partial charge in [-0.3, -0.25) is 15.0 Å². The Balaban J connectivity index is 1.80. The Labute approximate surface area is 155 Å². The SMILES string of the molecule is CN(C)CCN(C(=O)O)c1ccc(N2CCc3cc([N+](=O)[O-])ccc32)nn1. The van der Waals surface area contributed by atoms with E-state index in [4.69, 9.17) is 0 Å². The molecular weight excluding hydrogens is 352 g/mol. The Morgan fingerprint density at radius 2 is 2.04 bits per heavy atom. The summed E-state index contributed by atoms with van der Waals surface area (Å²) in [5, 5.41) is 28.6. The van der Waals surface area contributed by atoms with Gasteiger partial charge in [-0.25, -0.2) is 4.79 Å². The third-order valence-corrected chi connectivity index (χ3v) is 4.36.